The summed E-state index contributed by atoms with van der Waals surface area (Å²) in [7, 11) is 0.406. The third-order valence-electron chi connectivity index (χ3n) is 2.85. The van der Waals surface area contributed by atoms with Crippen molar-refractivity contribution in [3.63, 3.8) is 0 Å². The number of fused-ring (bicyclic) bond motifs is 1. The standard InChI is InChI=1S/C14H16BrS.BrH/c1-16(2)14(10-15)13-8-7-11-5-3-4-6-12(11)9-13;/h3-9,14H,10H2,1-2H3;1H/q+1;/p-1. The Hall–Kier alpha value is 0.01000. The molecule has 0 aliphatic rings. The van der Waals surface area contributed by atoms with E-state index in [1.54, 1.807) is 0 Å². The first-order valence-corrected chi connectivity index (χ1v) is 8.56. The minimum Gasteiger partial charge on any atom is -1.00 e. The molecule has 0 heterocycles. The maximum atomic E-state index is 3.62. The normalized spacial score (nSPS) is 12.5. The zero-order chi connectivity index (χ0) is 11.5. The Morgan fingerprint density at radius 2 is 1.71 bits per heavy atom. The molecule has 1 unspecified atom stereocenters. The zero-order valence-corrected chi connectivity index (χ0v) is 14.0. The van der Waals surface area contributed by atoms with Crippen molar-refractivity contribution in [1.82, 2.24) is 0 Å². The summed E-state index contributed by atoms with van der Waals surface area (Å²) >= 11 is 3.62. The molecular formula is C14H16Br2S. The van der Waals surface area contributed by atoms with E-state index in [-0.39, 0.29) is 17.0 Å². The molecule has 0 aromatic heterocycles. The Balaban J connectivity index is 0.00000144. The van der Waals surface area contributed by atoms with Gasteiger partial charge in [-0.2, -0.15) is 0 Å². The fraction of sp³-hybridized carbons (Fsp3) is 0.286. The molecule has 0 saturated heterocycles. The highest BCUT2D eigenvalue weighted by atomic mass is 79.9. The van der Waals surface area contributed by atoms with Gasteiger partial charge in [0.25, 0.3) is 0 Å². The van der Waals surface area contributed by atoms with Crippen molar-refractivity contribution >= 4 is 37.6 Å². The number of alkyl halides is 1. The summed E-state index contributed by atoms with van der Waals surface area (Å²) in [5, 5.41) is 4.34. The highest BCUT2D eigenvalue weighted by Gasteiger charge is 2.22. The molecule has 0 fully saturated rings. The summed E-state index contributed by atoms with van der Waals surface area (Å²) in [6, 6.07) is 15.4. The van der Waals surface area contributed by atoms with Crippen LogP contribution in [-0.2, 0) is 10.9 Å². The molecule has 0 nitrogen and oxygen atoms in total. The second-order valence-corrected chi connectivity index (χ2v) is 7.11. The summed E-state index contributed by atoms with van der Waals surface area (Å²) in [4.78, 5) is 0. The molecular weight excluding hydrogens is 360 g/mol. The van der Waals surface area contributed by atoms with Crippen molar-refractivity contribution in [2.24, 2.45) is 0 Å². The molecule has 92 valence electrons. The lowest BCUT2D eigenvalue weighted by Crippen LogP contribution is -3.00. The molecule has 1 atom stereocenters. The lowest BCUT2D eigenvalue weighted by Gasteiger charge is -2.12. The van der Waals surface area contributed by atoms with Gasteiger partial charge in [0, 0.05) is 5.56 Å². The fourth-order valence-corrected chi connectivity index (χ4v) is 4.80. The van der Waals surface area contributed by atoms with Gasteiger partial charge < -0.3 is 17.0 Å². The third kappa shape index (κ3) is 3.49. The summed E-state index contributed by atoms with van der Waals surface area (Å²) in [6.45, 7) is 0. The lowest BCUT2D eigenvalue weighted by atomic mass is 10.1. The molecule has 3 heteroatoms. The van der Waals surface area contributed by atoms with Crippen molar-refractivity contribution in [2.45, 2.75) is 5.25 Å². The van der Waals surface area contributed by atoms with E-state index in [2.05, 4.69) is 70.9 Å². The van der Waals surface area contributed by atoms with E-state index in [4.69, 9.17) is 0 Å². The van der Waals surface area contributed by atoms with Crippen molar-refractivity contribution in [3.8, 4) is 0 Å². The summed E-state index contributed by atoms with van der Waals surface area (Å²) < 4.78 is 0. The molecule has 2 rings (SSSR count). The smallest absolute Gasteiger partial charge is 0.152 e. The number of hydrogen-bond acceptors (Lipinski definition) is 0. The van der Waals surface area contributed by atoms with E-state index in [9.17, 15) is 0 Å². The number of hydrogen-bond donors (Lipinski definition) is 0. The van der Waals surface area contributed by atoms with Gasteiger partial charge in [0.1, 0.15) is 0 Å². The van der Waals surface area contributed by atoms with E-state index >= 15 is 0 Å². The van der Waals surface area contributed by atoms with Crippen LogP contribution in [0.5, 0.6) is 0 Å². The van der Waals surface area contributed by atoms with Gasteiger partial charge in [0.05, 0.1) is 17.8 Å². The predicted octanol–water partition coefficient (Wildman–Crippen LogP) is 1.16. The van der Waals surface area contributed by atoms with Crippen LogP contribution >= 0.6 is 15.9 Å². The van der Waals surface area contributed by atoms with Crippen molar-refractivity contribution in [2.75, 3.05) is 17.8 Å². The lowest BCUT2D eigenvalue weighted by molar-refractivity contribution is -0.00000316. The van der Waals surface area contributed by atoms with Crippen LogP contribution in [0.25, 0.3) is 10.8 Å². The molecule has 0 amide bonds. The van der Waals surface area contributed by atoms with Gasteiger partial charge in [-0.1, -0.05) is 52.3 Å². The molecule has 0 N–H and O–H groups in total. The first kappa shape index (κ1) is 15.1. The van der Waals surface area contributed by atoms with Crippen LogP contribution in [0.15, 0.2) is 42.5 Å². The molecule has 0 spiro atoms. The molecule has 0 bridgehead atoms. The van der Waals surface area contributed by atoms with Gasteiger partial charge in [0.2, 0.25) is 0 Å². The van der Waals surface area contributed by atoms with Gasteiger partial charge in [0.15, 0.2) is 5.25 Å². The van der Waals surface area contributed by atoms with Crippen LogP contribution in [0.4, 0.5) is 0 Å². The Kier molecular flexibility index (Phi) is 6.04. The fourth-order valence-electron chi connectivity index (χ4n) is 1.90. The third-order valence-corrected chi connectivity index (χ3v) is 5.51. The van der Waals surface area contributed by atoms with Gasteiger partial charge in [-0.15, -0.1) is 0 Å². The minimum atomic E-state index is 0. The van der Waals surface area contributed by atoms with Gasteiger partial charge in [-0.25, -0.2) is 0 Å². The SMILES string of the molecule is C[S+](C)C(CBr)c1ccc2ccccc2c1.[Br-]. The van der Waals surface area contributed by atoms with Crippen LogP contribution in [0.1, 0.15) is 10.8 Å². The maximum Gasteiger partial charge on any atom is 0.152 e. The van der Waals surface area contributed by atoms with E-state index in [0.717, 1.165) is 5.33 Å². The number of rotatable bonds is 3. The predicted molar refractivity (Wildman–Crippen MR) is 79.7 cm³/mol. The largest absolute Gasteiger partial charge is 1.00 e. The van der Waals surface area contributed by atoms with E-state index < -0.39 is 0 Å². The topological polar surface area (TPSA) is 0 Å². The highest BCUT2D eigenvalue weighted by Crippen LogP contribution is 2.27. The average Bonchev–Trinajstić information content (AvgIpc) is 2.29. The van der Waals surface area contributed by atoms with Crippen LogP contribution in [0.2, 0.25) is 0 Å². The minimum absolute atomic E-state index is 0. The van der Waals surface area contributed by atoms with Crippen molar-refractivity contribution < 1.29 is 17.0 Å². The van der Waals surface area contributed by atoms with Crippen LogP contribution in [0.3, 0.4) is 0 Å². The van der Waals surface area contributed by atoms with Gasteiger partial charge in [-0.3, -0.25) is 0 Å². The second-order valence-electron chi connectivity index (χ2n) is 4.13. The first-order valence-electron chi connectivity index (χ1n) is 5.33. The average molecular weight is 376 g/mol. The molecule has 17 heavy (non-hydrogen) atoms. The Labute approximate surface area is 125 Å². The molecule has 0 aliphatic carbocycles. The zero-order valence-electron chi connectivity index (χ0n) is 9.99. The molecule has 2 aromatic carbocycles. The molecule has 0 saturated carbocycles. The van der Waals surface area contributed by atoms with E-state index in [1.165, 1.54) is 16.3 Å². The quantitative estimate of drug-likeness (QED) is 0.557. The molecule has 0 aliphatic heterocycles. The molecule has 0 radical (unpaired) electrons. The van der Waals surface area contributed by atoms with E-state index in [0.29, 0.717) is 16.1 Å². The van der Waals surface area contributed by atoms with Crippen molar-refractivity contribution in [3.05, 3.63) is 48.0 Å². The number of benzene rings is 2. The first-order chi connectivity index (χ1) is 7.72. The van der Waals surface area contributed by atoms with Gasteiger partial charge >= 0.3 is 0 Å². The van der Waals surface area contributed by atoms with E-state index in [1.807, 2.05) is 0 Å². The molecule has 2 aromatic rings. The summed E-state index contributed by atoms with van der Waals surface area (Å²) in [6.07, 6.45) is 4.61. The Bertz CT molecular complexity index is 482. The monoisotopic (exact) mass is 374 g/mol. The van der Waals surface area contributed by atoms with Crippen LogP contribution < -0.4 is 17.0 Å². The number of halogens is 2. The summed E-state index contributed by atoms with van der Waals surface area (Å²) in [5.41, 5.74) is 1.45. The van der Waals surface area contributed by atoms with Crippen molar-refractivity contribution in [1.29, 1.82) is 0 Å². The van der Waals surface area contributed by atoms with Gasteiger partial charge in [-0.05, 0) is 27.7 Å². The van der Waals surface area contributed by atoms with Crippen LogP contribution in [0, 0.1) is 0 Å². The maximum absolute atomic E-state index is 3.62. The Morgan fingerprint density at radius 3 is 2.29 bits per heavy atom. The van der Waals surface area contributed by atoms with Crippen LogP contribution in [-0.4, -0.2) is 17.8 Å². The second kappa shape index (κ2) is 6.81. The summed E-state index contributed by atoms with van der Waals surface area (Å²) in [5.74, 6) is 0. The highest BCUT2D eigenvalue weighted by molar-refractivity contribution is 9.09. The Morgan fingerprint density at radius 1 is 1.06 bits per heavy atom.